The Hall–Kier alpha value is -0.230. The molecule has 0 bridgehead atoms. The second kappa shape index (κ2) is 8.80. The van der Waals surface area contributed by atoms with E-state index >= 15 is 0 Å². The summed E-state index contributed by atoms with van der Waals surface area (Å²) in [5.74, 6) is 0. The third-order valence-corrected chi connectivity index (χ3v) is 1.45. The highest BCUT2D eigenvalue weighted by Gasteiger charge is 1.82. The van der Waals surface area contributed by atoms with Crippen LogP contribution in [0, 0.1) is 3.57 Å². The fraction of sp³-hybridized carbons (Fsp3) is 0.250. The Balaban J connectivity index is 0. The van der Waals surface area contributed by atoms with Crippen molar-refractivity contribution >= 4 is 42.8 Å². The molecule has 0 unspecified atom stereocenters. The SMILES string of the molecule is CS(=O)(=O)O.CS(=O)(=O)O.Ic1ccccc1. The van der Waals surface area contributed by atoms with Crippen LogP contribution in [0.5, 0.6) is 0 Å². The van der Waals surface area contributed by atoms with E-state index in [1.807, 2.05) is 18.2 Å². The summed E-state index contributed by atoms with van der Waals surface area (Å²) in [5, 5.41) is 0. The van der Waals surface area contributed by atoms with Crippen LogP contribution in [0.1, 0.15) is 0 Å². The smallest absolute Gasteiger partial charge is 0.261 e. The molecule has 9 heteroatoms. The molecule has 1 aromatic carbocycles. The predicted octanol–water partition coefficient (Wildman–Crippen LogP) is 1.30. The van der Waals surface area contributed by atoms with Crippen LogP contribution < -0.4 is 0 Å². The average Bonchev–Trinajstić information content (AvgIpc) is 1.98. The number of rotatable bonds is 0. The van der Waals surface area contributed by atoms with Gasteiger partial charge in [0.1, 0.15) is 0 Å². The lowest BCUT2D eigenvalue weighted by atomic mass is 10.4. The number of hydrogen-bond acceptors (Lipinski definition) is 4. The molecule has 0 heterocycles. The Bertz CT molecular complexity index is 448. The van der Waals surface area contributed by atoms with E-state index in [1.165, 1.54) is 3.57 Å². The molecule has 1 rings (SSSR count). The second-order valence-electron chi connectivity index (χ2n) is 2.76. The maximum atomic E-state index is 9.19. The van der Waals surface area contributed by atoms with E-state index in [0.717, 1.165) is 0 Å². The highest BCUT2D eigenvalue weighted by atomic mass is 127. The van der Waals surface area contributed by atoms with Gasteiger partial charge in [0.15, 0.2) is 0 Å². The number of benzene rings is 1. The molecular formula is C8H13IO6S2. The van der Waals surface area contributed by atoms with Crippen molar-refractivity contribution in [2.75, 3.05) is 12.5 Å². The first-order valence-corrected chi connectivity index (χ1v) is 8.72. The molecule has 0 aliphatic carbocycles. The Morgan fingerprint density at radius 1 is 0.882 bits per heavy atom. The summed E-state index contributed by atoms with van der Waals surface area (Å²) < 4.78 is 53.0. The lowest BCUT2D eigenvalue weighted by molar-refractivity contribution is 0.488. The fourth-order valence-corrected chi connectivity index (χ4v) is 0.830. The van der Waals surface area contributed by atoms with Crippen molar-refractivity contribution in [1.82, 2.24) is 0 Å². The lowest BCUT2D eigenvalue weighted by Gasteiger charge is -1.80. The molecule has 0 saturated heterocycles. The van der Waals surface area contributed by atoms with Gasteiger partial charge in [-0.05, 0) is 34.7 Å². The second-order valence-corrected chi connectivity index (χ2v) is 6.94. The standard InChI is InChI=1S/C6H5I.2CH4O3S/c7-6-4-2-1-3-5-6;2*1-5(2,3)4/h1-5H;2*1H3,(H,2,3,4). The van der Waals surface area contributed by atoms with Crippen molar-refractivity contribution in [2.24, 2.45) is 0 Å². The van der Waals surface area contributed by atoms with E-state index in [0.29, 0.717) is 12.5 Å². The van der Waals surface area contributed by atoms with Gasteiger partial charge in [0, 0.05) is 3.57 Å². The van der Waals surface area contributed by atoms with E-state index in [4.69, 9.17) is 9.11 Å². The highest BCUT2D eigenvalue weighted by molar-refractivity contribution is 14.1. The zero-order valence-corrected chi connectivity index (χ0v) is 12.9. The fourth-order valence-electron chi connectivity index (χ4n) is 0.415. The molecule has 1 aromatic rings. The van der Waals surface area contributed by atoms with Crippen molar-refractivity contribution in [3.05, 3.63) is 33.9 Å². The summed E-state index contributed by atoms with van der Waals surface area (Å²) in [7, 11) is -7.33. The topological polar surface area (TPSA) is 109 Å². The van der Waals surface area contributed by atoms with E-state index in [-0.39, 0.29) is 0 Å². The average molecular weight is 396 g/mol. The molecule has 2 N–H and O–H groups in total. The van der Waals surface area contributed by atoms with E-state index in [2.05, 4.69) is 34.7 Å². The van der Waals surface area contributed by atoms with Crippen LogP contribution in [0.3, 0.4) is 0 Å². The summed E-state index contributed by atoms with van der Waals surface area (Å²) >= 11 is 2.28. The molecule has 0 aromatic heterocycles. The van der Waals surface area contributed by atoms with Crippen molar-refractivity contribution in [3.8, 4) is 0 Å². The molecule has 0 atom stereocenters. The minimum Gasteiger partial charge on any atom is -0.286 e. The minimum absolute atomic E-state index is 0.715. The third kappa shape index (κ3) is 49.5. The van der Waals surface area contributed by atoms with Crippen molar-refractivity contribution < 1.29 is 25.9 Å². The largest absolute Gasteiger partial charge is 0.286 e. The van der Waals surface area contributed by atoms with Gasteiger partial charge in [-0.25, -0.2) is 0 Å². The van der Waals surface area contributed by atoms with E-state index in [9.17, 15) is 16.8 Å². The van der Waals surface area contributed by atoms with Gasteiger partial charge >= 0.3 is 0 Å². The Morgan fingerprint density at radius 3 is 1.24 bits per heavy atom. The van der Waals surface area contributed by atoms with Gasteiger partial charge < -0.3 is 0 Å². The minimum atomic E-state index is -3.67. The molecule has 17 heavy (non-hydrogen) atoms. The number of halogens is 1. The first-order valence-electron chi connectivity index (χ1n) is 3.95. The quantitative estimate of drug-likeness (QED) is 0.506. The molecule has 0 saturated carbocycles. The third-order valence-electron chi connectivity index (χ3n) is 0.733. The van der Waals surface area contributed by atoms with Crippen LogP contribution in [-0.2, 0) is 20.2 Å². The van der Waals surface area contributed by atoms with E-state index in [1.54, 1.807) is 0 Å². The molecule has 0 spiro atoms. The molecule has 6 nitrogen and oxygen atoms in total. The first-order chi connectivity index (χ1) is 7.39. The molecule has 0 radical (unpaired) electrons. The summed E-state index contributed by atoms with van der Waals surface area (Å²) in [4.78, 5) is 0. The molecule has 0 aliphatic rings. The van der Waals surface area contributed by atoms with Crippen LogP contribution >= 0.6 is 22.6 Å². The van der Waals surface area contributed by atoms with Crippen LogP contribution in [-0.4, -0.2) is 38.5 Å². The lowest BCUT2D eigenvalue weighted by Crippen LogP contribution is -1.88. The number of hydrogen-bond donors (Lipinski definition) is 2. The Kier molecular flexibility index (Phi) is 9.90. The van der Waals surface area contributed by atoms with Crippen LogP contribution in [0.4, 0.5) is 0 Å². The summed E-state index contributed by atoms with van der Waals surface area (Å²) in [6.07, 6.45) is 1.43. The van der Waals surface area contributed by atoms with E-state index < -0.39 is 20.2 Å². The van der Waals surface area contributed by atoms with Crippen LogP contribution in [0.2, 0.25) is 0 Å². The molecule has 0 amide bonds. The summed E-state index contributed by atoms with van der Waals surface area (Å²) in [6, 6.07) is 10.2. The van der Waals surface area contributed by atoms with Crippen molar-refractivity contribution in [2.45, 2.75) is 0 Å². The van der Waals surface area contributed by atoms with Crippen molar-refractivity contribution in [3.63, 3.8) is 0 Å². The van der Waals surface area contributed by atoms with Crippen LogP contribution in [0.15, 0.2) is 30.3 Å². The molecule has 0 aliphatic heterocycles. The summed E-state index contributed by atoms with van der Waals surface area (Å²) in [6.45, 7) is 0. The molecular weight excluding hydrogens is 383 g/mol. The van der Waals surface area contributed by atoms with Gasteiger partial charge in [0.05, 0.1) is 12.5 Å². The monoisotopic (exact) mass is 396 g/mol. The van der Waals surface area contributed by atoms with Gasteiger partial charge in [-0.3, -0.25) is 9.11 Å². The van der Waals surface area contributed by atoms with Gasteiger partial charge in [-0.15, -0.1) is 0 Å². The normalized spacial score (nSPS) is 10.4. The maximum Gasteiger partial charge on any atom is 0.261 e. The van der Waals surface area contributed by atoms with Gasteiger partial charge in [0.2, 0.25) is 0 Å². The zero-order chi connectivity index (χ0) is 14.1. The first kappa shape index (κ1) is 19.1. The summed E-state index contributed by atoms with van der Waals surface area (Å²) in [5.41, 5.74) is 0. The van der Waals surface area contributed by atoms with Gasteiger partial charge in [-0.2, -0.15) is 16.8 Å². The maximum absolute atomic E-state index is 9.19. The Labute approximate surface area is 115 Å². The van der Waals surface area contributed by atoms with Gasteiger partial charge in [0.25, 0.3) is 20.2 Å². The Morgan fingerprint density at radius 2 is 1.12 bits per heavy atom. The predicted molar refractivity (Wildman–Crippen MR) is 74.1 cm³/mol. The van der Waals surface area contributed by atoms with Crippen LogP contribution in [0.25, 0.3) is 0 Å². The van der Waals surface area contributed by atoms with Gasteiger partial charge in [-0.1, -0.05) is 18.2 Å². The molecule has 100 valence electrons. The van der Waals surface area contributed by atoms with Crippen molar-refractivity contribution in [1.29, 1.82) is 0 Å². The zero-order valence-electron chi connectivity index (χ0n) is 9.11. The molecule has 0 fully saturated rings. The highest BCUT2D eigenvalue weighted by Crippen LogP contribution is 1.99.